The third-order valence-electron chi connectivity index (χ3n) is 7.13. The van der Waals surface area contributed by atoms with Crippen molar-refractivity contribution in [1.29, 1.82) is 0 Å². The van der Waals surface area contributed by atoms with Crippen LogP contribution in [0.5, 0.6) is 0 Å². The van der Waals surface area contributed by atoms with Crippen LogP contribution in [0.25, 0.3) is 20.9 Å². The summed E-state index contributed by atoms with van der Waals surface area (Å²) in [5.41, 5.74) is 12.5. The Bertz CT molecular complexity index is 1560. The fourth-order valence-corrected chi connectivity index (χ4v) is 6.86. The Kier molecular flexibility index (Phi) is 7.21. The molecule has 13 heteroatoms. The maximum absolute atomic E-state index is 12.8. The highest BCUT2D eigenvalue weighted by molar-refractivity contribution is 7.20. The standard InChI is InChI=1S/C26H29N7O4S2/c27-16-3-1-2-4-17(16)31-14-9-18(22(25(28)35)29-11-14)32-20-12-30-26(39-20)15-13-38-24-19(34)10-21(37-23(15)24)33-5-7-36-8-6-33/h9-13,16-17,31-32H,1-8,27H2,(H2,28,35)/p+1/t16-,17+/m1/s1. The Morgan fingerprint density at radius 1 is 1.15 bits per heavy atom. The van der Waals surface area contributed by atoms with Gasteiger partial charge in [-0.2, -0.15) is 0 Å². The highest BCUT2D eigenvalue weighted by atomic mass is 32.1. The predicted molar refractivity (Wildman–Crippen MR) is 153 cm³/mol. The first-order chi connectivity index (χ1) is 19.0. The summed E-state index contributed by atoms with van der Waals surface area (Å²) >= 11 is 2.73. The number of hydrogen-bond donors (Lipinski definition) is 4. The molecule has 39 heavy (non-hydrogen) atoms. The molecule has 0 spiro atoms. The lowest BCUT2D eigenvalue weighted by atomic mass is 9.91. The van der Waals surface area contributed by atoms with E-state index in [0.29, 0.717) is 64.2 Å². The molecule has 4 aromatic heterocycles. The molecule has 11 nitrogen and oxygen atoms in total. The maximum atomic E-state index is 12.8. The van der Waals surface area contributed by atoms with Gasteiger partial charge in [-0.05, 0) is 18.9 Å². The molecule has 2 fully saturated rings. The molecule has 0 unspecified atom stereocenters. The number of amides is 1. The molecule has 2 aliphatic rings. The zero-order chi connectivity index (χ0) is 26.9. The van der Waals surface area contributed by atoms with Gasteiger partial charge in [-0.15, -0.1) is 11.3 Å². The first-order valence-electron chi connectivity index (χ1n) is 13.0. The molecule has 0 bridgehead atoms. The molecule has 2 atom stereocenters. The number of aromatic nitrogens is 2. The van der Waals surface area contributed by atoms with Gasteiger partial charge in [0.25, 0.3) is 5.91 Å². The van der Waals surface area contributed by atoms with Gasteiger partial charge in [-0.25, -0.2) is 9.97 Å². The fourth-order valence-electron chi connectivity index (χ4n) is 5.05. The van der Waals surface area contributed by atoms with Gasteiger partial charge >= 0.3 is 0 Å². The van der Waals surface area contributed by atoms with Crippen molar-refractivity contribution in [2.24, 2.45) is 5.73 Å². The van der Waals surface area contributed by atoms with Crippen molar-refractivity contribution in [2.45, 2.75) is 37.8 Å². The van der Waals surface area contributed by atoms with E-state index in [1.165, 1.54) is 29.1 Å². The van der Waals surface area contributed by atoms with Crippen molar-refractivity contribution in [3.05, 3.63) is 45.8 Å². The molecule has 7 N–H and O–H groups in total. The largest absolute Gasteiger partial charge is 0.439 e. The Hall–Kier alpha value is -3.52. The second-order valence-corrected chi connectivity index (χ2v) is 11.7. The lowest BCUT2D eigenvalue weighted by molar-refractivity contribution is -0.427. The number of thiophene rings is 1. The lowest BCUT2D eigenvalue weighted by Gasteiger charge is -2.27. The fraction of sp³-hybridized carbons (Fsp3) is 0.385. The van der Waals surface area contributed by atoms with Crippen LogP contribution in [0.1, 0.15) is 36.2 Å². The minimum atomic E-state index is -0.622. The number of anilines is 4. The van der Waals surface area contributed by atoms with E-state index in [4.69, 9.17) is 14.9 Å². The molecule has 1 saturated heterocycles. The van der Waals surface area contributed by atoms with E-state index < -0.39 is 5.91 Å². The van der Waals surface area contributed by atoms with Crippen molar-refractivity contribution in [3.63, 3.8) is 0 Å². The first kappa shape index (κ1) is 25.7. The topological polar surface area (TPSA) is 163 Å². The number of morpholine rings is 1. The van der Waals surface area contributed by atoms with Gasteiger partial charge in [-0.3, -0.25) is 9.59 Å². The number of carbonyl (C=O) groups excluding carboxylic acids is 1. The van der Waals surface area contributed by atoms with E-state index in [-0.39, 0.29) is 17.2 Å². The highest BCUT2D eigenvalue weighted by Crippen LogP contribution is 2.39. The van der Waals surface area contributed by atoms with Gasteiger partial charge in [0, 0.05) is 31.0 Å². The molecule has 1 saturated carbocycles. The second-order valence-electron chi connectivity index (χ2n) is 9.79. The summed E-state index contributed by atoms with van der Waals surface area (Å²) in [5, 5.41) is 10.1. The van der Waals surface area contributed by atoms with Crippen molar-refractivity contribution in [2.75, 3.05) is 41.8 Å². The van der Waals surface area contributed by atoms with Gasteiger partial charge in [0.1, 0.15) is 20.8 Å². The summed E-state index contributed by atoms with van der Waals surface area (Å²) < 4.78 is 12.2. The maximum Gasteiger partial charge on any atom is 0.269 e. The number of nitrogens with zero attached hydrogens (tertiary/aromatic N) is 3. The number of thiazole rings is 1. The van der Waals surface area contributed by atoms with Crippen molar-refractivity contribution in [3.8, 4) is 10.6 Å². The van der Waals surface area contributed by atoms with Crippen LogP contribution < -0.4 is 32.4 Å². The molecule has 1 aliphatic carbocycles. The smallest absolute Gasteiger partial charge is 0.269 e. The van der Waals surface area contributed by atoms with E-state index in [0.717, 1.165) is 30.5 Å². The van der Waals surface area contributed by atoms with Crippen molar-refractivity contribution >= 4 is 61.1 Å². The molecular weight excluding hydrogens is 538 g/mol. The lowest BCUT2D eigenvalue weighted by Crippen LogP contribution is -2.68. The molecular formula is C26H30N7O4S2+. The molecule has 0 radical (unpaired) electrons. The first-order valence-corrected chi connectivity index (χ1v) is 14.7. The van der Waals surface area contributed by atoms with Crippen LogP contribution in [0.4, 0.5) is 22.3 Å². The summed E-state index contributed by atoms with van der Waals surface area (Å²) in [6.45, 7) is 2.52. The minimum Gasteiger partial charge on any atom is -0.439 e. The molecule has 1 amide bonds. The van der Waals surface area contributed by atoms with Crippen molar-refractivity contribution < 1.29 is 19.7 Å². The van der Waals surface area contributed by atoms with Crippen LogP contribution in [-0.4, -0.2) is 54.3 Å². The number of rotatable bonds is 7. The average Bonchev–Trinajstić information content (AvgIpc) is 3.58. The monoisotopic (exact) mass is 568 g/mol. The number of primary amides is 1. The van der Waals surface area contributed by atoms with Crippen LogP contribution >= 0.6 is 22.7 Å². The summed E-state index contributed by atoms with van der Waals surface area (Å²) in [4.78, 5) is 35.9. The molecule has 1 aliphatic heterocycles. The van der Waals surface area contributed by atoms with E-state index >= 15 is 0 Å². The SMILES string of the molecule is NC(=O)c1ncc(N[C@H]2CCCC[C@H]2[NH3+])cc1Nc1cnc(-c2csc3c(=O)cc(N4CCOCC4)oc23)s1. The molecule has 204 valence electrons. The zero-order valence-electron chi connectivity index (χ0n) is 21.3. The number of pyridine rings is 1. The average molecular weight is 569 g/mol. The molecule has 5 heterocycles. The van der Waals surface area contributed by atoms with Crippen molar-refractivity contribution in [1.82, 2.24) is 9.97 Å². The second kappa shape index (κ2) is 10.9. The third kappa shape index (κ3) is 5.35. The quantitative estimate of drug-likeness (QED) is 0.262. The Balaban J connectivity index is 1.28. The Labute approximate surface area is 232 Å². The molecule has 0 aromatic carbocycles. The van der Waals surface area contributed by atoms with Crippen LogP contribution in [0.2, 0.25) is 0 Å². The zero-order valence-corrected chi connectivity index (χ0v) is 22.9. The molecule has 6 rings (SSSR count). The summed E-state index contributed by atoms with van der Waals surface area (Å²) in [6.07, 6.45) is 7.82. The van der Waals surface area contributed by atoms with Gasteiger partial charge < -0.3 is 36.2 Å². The normalized spacial score (nSPS) is 19.8. The van der Waals surface area contributed by atoms with Gasteiger partial charge in [-0.1, -0.05) is 17.8 Å². The minimum absolute atomic E-state index is 0.0760. The Morgan fingerprint density at radius 2 is 1.97 bits per heavy atom. The number of ether oxygens (including phenoxy) is 1. The summed E-state index contributed by atoms with van der Waals surface area (Å²) in [6, 6.07) is 3.97. The number of hydrogen-bond acceptors (Lipinski definition) is 11. The van der Waals surface area contributed by atoms with Gasteiger partial charge in [0.05, 0.1) is 48.6 Å². The predicted octanol–water partition coefficient (Wildman–Crippen LogP) is 3.02. The summed E-state index contributed by atoms with van der Waals surface area (Å²) in [5.74, 6) is -0.0861. The molecule has 4 aromatic rings. The van der Waals surface area contributed by atoms with E-state index in [2.05, 4.69) is 26.3 Å². The van der Waals surface area contributed by atoms with E-state index in [9.17, 15) is 9.59 Å². The van der Waals surface area contributed by atoms with Gasteiger partial charge in [0.2, 0.25) is 5.43 Å². The van der Waals surface area contributed by atoms with Crippen LogP contribution in [-0.2, 0) is 4.74 Å². The summed E-state index contributed by atoms with van der Waals surface area (Å²) in [7, 11) is 0. The number of quaternary nitrogens is 1. The van der Waals surface area contributed by atoms with Crippen LogP contribution in [0.3, 0.4) is 0 Å². The number of fused-ring (bicyclic) bond motifs is 1. The number of nitrogens with one attached hydrogen (secondary N) is 2. The van der Waals surface area contributed by atoms with Crippen LogP contribution in [0, 0.1) is 0 Å². The van der Waals surface area contributed by atoms with Crippen LogP contribution in [0.15, 0.2) is 39.1 Å². The number of nitrogens with two attached hydrogens (primary N) is 1. The number of carbonyl (C=O) groups is 1. The van der Waals surface area contributed by atoms with Gasteiger partial charge in [0.15, 0.2) is 17.2 Å². The van der Waals surface area contributed by atoms with E-state index in [1.54, 1.807) is 18.5 Å². The third-order valence-corrected chi connectivity index (χ3v) is 9.05. The highest BCUT2D eigenvalue weighted by Gasteiger charge is 2.25. The van der Waals surface area contributed by atoms with E-state index in [1.807, 2.05) is 16.3 Å². The Morgan fingerprint density at radius 3 is 2.77 bits per heavy atom.